The average Bonchev–Trinajstić information content (AvgIpc) is 2.75. The zero-order valence-electron chi connectivity index (χ0n) is 9.07. The molecular weight excluding hydrogens is 262 g/mol. The summed E-state index contributed by atoms with van der Waals surface area (Å²) in [6, 6.07) is 10.8. The molecule has 2 unspecified atom stereocenters. The lowest BCUT2D eigenvalue weighted by molar-refractivity contribution is 0.744. The monoisotopic (exact) mass is 275 g/mol. The molecule has 0 saturated heterocycles. The van der Waals surface area contributed by atoms with E-state index in [1.54, 1.807) is 0 Å². The predicted molar refractivity (Wildman–Crippen MR) is 71.1 cm³/mol. The third kappa shape index (κ3) is 1.75. The molecule has 2 heteroatoms. The van der Waals surface area contributed by atoms with Crippen LogP contribution in [0.25, 0.3) is 10.9 Å². The average molecular weight is 276 g/mol. The Bertz CT molecular complexity index is 509. The Kier molecular flexibility index (Phi) is 2.68. The van der Waals surface area contributed by atoms with Gasteiger partial charge in [0, 0.05) is 16.4 Å². The van der Waals surface area contributed by atoms with Crippen molar-refractivity contribution in [2.45, 2.75) is 30.0 Å². The fourth-order valence-corrected chi connectivity index (χ4v) is 3.50. The van der Waals surface area contributed by atoms with Gasteiger partial charge in [-0.25, -0.2) is 0 Å². The van der Waals surface area contributed by atoms with Crippen LogP contribution in [0.4, 0.5) is 0 Å². The molecule has 1 aromatic heterocycles. The number of alkyl halides is 1. The van der Waals surface area contributed by atoms with Gasteiger partial charge in [0.05, 0.1) is 5.52 Å². The minimum absolute atomic E-state index is 0.647. The van der Waals surface area contributed by atoms with Gasteiger partial charge in [-0.2, -0.15) is 0 Å². The first kappa shape index (κ1) is 10.3. The van der Waals surface area contributed by atoms with Gasteiger partial charge >= 0.3 is 0 Å². The minimum Gasteiger partial charge on any atom is -0.256 e. The van der Waals surface area contributed by atoms with Crippen LogP contribution in [-0.2, 0) is 0 Å². The molecule has 3 rings (SSSR count). The van der Waals surface area contributed by atoms with E-state index in [4.69, 9.17) is 0 Å². The Morgan fingerprint density at radius 1 is 1.19 bits per heavy atom. The van der Waals surface area contributed by atoms with Gasteiger partial charge in [-0.3, -0.25) is 4.98 Å². The van der Waals surface area contributed by atoms with E-state index >= 15 is 0 Å². The first-order valence-electron chi connectivity index (χ1n) is 5.83. The molecule has 0 amide bonds. The Morgan fingerprint density at radius 3 is 2.94 bits per heavy atom. The van der Waals surface area contributed by atoms with Crippen LogP contribution in [-0.4, -0.2) is 9.81 Å². The van der Waals surface area contributed by atoms with E-state index in [-0.39, 0.29) is 0 Å². The Balaban J connectivity index is 2.04. The largest absolute Gasteiger partial charge is 0.256 e. The normalized spacial score (nSPS) is 25.1. The van der Waals surface area contributed by atoms with Gasteiger partial charge in [0.2, 0.25) is 0 Å². The fraction of sp³-hybridized carbons (Fsp3) is 0.357. The van der Waals surface area contributed by atoms with Crippen LogP contribution in [0.1, 0.15) is 30.7 Å². The van der Waals surface area contributed by atoms with Crippen molar-refractivity contribution >= 4 is 26.8 Å². The Hall–Kier alpha value is -0.890. The van der Waals surface area contributed by atoms with E-state index in [0.717, 1.165) is 5.52 Å². The summed E-state index contributed by atoms with van der Waals surface area (Å²) in [5.41, 5.74) is 2.55. The number of hydrogen-bond donors (Lipinski definition) is 0. The van der Waals surface area contributed by atoms with Gasteiger partial charge in [-0.05, 0) is 36.5 Å². The number of aromatic nitrogens is 1. The lowest BCUT2D eigenvalue weighted by Gasteiger charge is -2.14. The topological polar surface area (TPSA) is 12.9 Å². The molecule has 0 spiro atoms. The molecule has 82 valence electrons. The second-order valence-electron chi connectivity index (χ2n) is 4.51. The van der Waals surface area contributed by atoms with Crippen molar-refractivity contribution in [2.24, 2.45) is 0 Å². The molecule has 0 aliphatic heterocycles. The summed E-state index contributed by atoms with van der Waals surface area (Å²) in [6.45, 7) is 0. The molecule has 0 bridgehead atoms. The minimum atomic E-state index is 0.647. The van der Waals surface area contributed by atoms with Crippen LogP contribution >= 0.6 is 15.9 Å². The number of hydrogen-bond acceptors (Lipinski definition) is 1. The lowest BCUT2D eigenvalue weighted by atomic mass is 9.96. The highest BCUT2D eigenvalue weighted by atomic mass is 79.9. The van der Waals surface area contributed by atoms with Gasteiger partial charge in [0.1, 0.15) is 0 Å². The number of rotatable bonds is 1. The van der Waals surface area contributed by atoms with Gasteiger partial charge in [0.25, 0.3) is 0 Å². The van der Waals surface area contributed by atoms with Crippen LogP contribution < -0.4 is 0 Å². The van der Waals surface area contributed by atoms with E-state index in [1.165, 1.54) is 30.2 Å². The molecule has 0 N–H and O–H groups in total. The number of benzene rings is 1. The molecule has 1 aliphatic rings. The Labute approximate surface area is 104 Å². The molecule has 1 saturated carbocycles. The van der Waals surface area contributed by atoms with E-state index in [0.29, 0.717) is 10.7 Å². The van der Waals surface area contributed by atoms with Gasteiger partial charge in [0.15, 0.2) is 0 Å². The standard InChI is InChI=1S/C14H14BrN/c15-13-5-1-4-12(13)11-7-6-10-3-2-8-16-14(10)9-11/h2-3,6-9,12-13H,1,4-5H2. The van der Waals surface area contributed by atoms with Crippen molar-refractivity contribution < 1.29 is 0 Å². The van der Waals surface area contributed by atoms with E-state index in [2.05, 4.69) is 45.2 Å². The zero-order valence-corrected chi connectivity index (χ0v) is 10.7. The van der Waals surface area contributed by atoms with Crippen LogP contribution in [0.15, 0.2) is 36.5 Å². The van der Waals surface area contributed by atoms with Gasteiger partial charge in [-0.15, -0.1) is 0 Å². The van der Waals surface area contributed by atoms with Gasteiger partial charge in [-0.1, -0.05) is 40.5 Å². The first-order chi connectivity index (χ1) is 7.84. The van der Waals surface area contributed by atoms with Crippen molar-refractivity contribution in [2.75, 3.05) is 0 Å². The highest BCUT2D eigenvalue weighted by Gasteiger charge is 2.26. The number of nitrogens with zero attached hydrogens (tertiary/aromatic N) is 1. The smallest absolute Gasteiger partial charge is 0.0704 e. The summed E-state index contributed by atoms with van der Waals surface area (Å²) in [4.78, 5) is 5.07. The number of pyridine rings is 1. The summed E-state index contributed by atoms with van der Waals surface area (Å²) >= 11 is 3.79. The molecule has 0 radical (unpaired) electrons. The fourth-order valence-electron chi connectivity index (χ4n) is 2.60. The Morgan fingerprint density at radius 2 is 2.12 bits per heavy atom. The maximum atomic E-state index is 4.42. The summed E-state index contributed by atoms with van der Waals surface area (Å²) in [7, 11) is 0. The maximum Gasteiger partial charge on any atom is 0.0704 e. The molecule has 2 aromatic rings. The van der Waals surface area contributed by atoms with Crippen LogP contribution in [0, 0.1) is 0 Å². The summed E-state index contributed by atoms with van der Waals surface area (Å²) in [5, 5.41) is 1.23. The van der Waals surface area contributed by atoms with E-state index in [9.17, 15) is 0 Å². The van der Waals surface area contributed by atoms with Crippen LogP contribution in [0.5, 0.6) is 0 Å². The van der Waals surface area contributed by atoms with E-state index in [1.807, 2.05) is 12.3 Å². The SMILES string of the molecule is BrC1CCCC1c1ccc2cccnc2c1. The molecule has 2 atom stereocenters. The molecule has 1 aromatic carbocycles. The molecular formula is C14H14BrN. The molecule has 16 heavy (non-hydrogen) atoms. The van der Waals surface area contributed by atoms with Crippen molar-refractivity contribution in [1.29, 1.82) is 0 Å². The number of halogens is 1. The third-order valence-electron chi connectivity index (χ3n) is 3.49. The predicted octanol–water partition coefficient (Wildman–Crippen LogP) is 4.27. The molecule has 1 nitrogen and oxygen atoms in total. The van der Waals surface area contributed by atoms with Crippen LogP contribution in [0.3, 0.4) is 0 Å². The van der Waals surface area contributed by atoms with Crippen molar-refractivity contribution in [3.63, 3.8) is 0 Å². The summed E-state index contributed by atoms with van der Waals surface area (Å²) in [5.74, 6) is 0.673. The maximum absolute atomic E-state index is 4.42. The lowest BCUT2D eigenvalue weighted by Crippen LogP contribution is -2.04. The van der Waals surface area contributed by atoms with Crippen LogP contribution in [0.2, 0.25) is 0 Å². The van der Waals surface area contributed by atoms with E-state index < -0.39 is 0 Å². The second-order valence-corrected chi connectivity index (χ2v) is 5.69. The first-order valence-corrected chi connectivity index (χ1v) is 6.75. The third-order valence-corrected chi connectivity index (χ3v) is 4.59. The highest BCUT2D eigenvalue weighted by Crippen LogP contribution is 2.39. The van der Waals surface area contributed by atoms with Crippen molar-refractivity contribution in [1.82, 2.24) is 4.98 Å². The highest BCUT2D eigenvalue weighted by molar-refractivity contribution is 9.09. The molecule has 1 heterocycles. The zero-order chi connectivity index (χ0) is 11.0. The summed E-state index contributed by atoms with van der Waals surface area (Å²) in [6.07, 6.45) is 5.80. The second kappa shape index (κ2) is 4.17. The molecule has 1 fully saturated rings. The molecule has 1 aliphatic carbocycles. The summed E-state index contributed by atoms with van der Waals surface area (Å²) < 4.78 is 0. The number of fused-ring (bicyclic) bond motifs is 1. The quantitative estimate of drug-likeness (QED) is 0.709. The van der Waals surface area contributed by atoms with Gasteiger partial charge < -0.3 is 0 Å². The van der Waals surface area contributed by atoms with Crippen molar-refractivity contribution in [3.8, 4) is 0 Å². The van der Waals surface area contributed by atoms with Crippen molar-refractivity contribution in [3.05, 3.63) is 42.1 Å².